The van der Waals surface area contributed by atoms with Crippen LogP contribution in [0.3, 0.4) is 0 Å². The van der Waals surface area contributed by atoms with Crippen molar-refractivity contribution in [3.05, 3.63) is 22.8 Å². The van der Waals surface area contributed by atoms with E-state index in [0.717, 1.165) is 4.47 Å². The zero-order chi connectivity index (χ0) is 13.5. The van der Waals surface area contributed by atoms with Gasteiger partial charge in [0.15, 0.2) is 0 Å². The molecule has 5 nitrogen and oxygen atoms in total. The number of aromatic nitrogens is 1. The molecule has 2 atom stereocenters. The summed E-state index contributed by atoms with van der Waals surface area (Å²) in [6.45, 7) is 2.38. The Morgan fingerprint density at radius 1 is 1.56 bits per heavy atom. The van der Waals surface area contributed by atoms with Crippen LogP contribution in [0, 0.1) is 0 Å². The highest BCUT2D eigenvalue weighted by atomic mass is 79.9. The fourth-order valence-electron chi connectivity index (χ4n) is 1.17. The molecule has 1 rings (SSSR count). The van der Waals surface area contributed by atoms with E-state index in [1.54, 1.807) is 24.6 Å². The number of halogens is 1. The molecular formula is C11H16BrN3O2S. The number of urea groups is 1. The Morgan fingerprint density at radius 2 is 2.28 bits per heavy atom. The van der Waals surface area contributed by atoms with E-state index in [-0.39, 0.29) is 11.3 Å². The summed E-state index contributed by atoms with van der Waals surface area (Å²) in [4.78, 5) is 15.5. The van der Waals surface area contributed by atoms with Gasteiger partial charge in [-0.1, -0.05) is 6.92 Å². The van der Waals surface area contributed by atoms with E-state index in [4.69, 9.17) is 0 Å². The van der Waals surface area contributed by atoms with Crippen molar-refractivity contribution in [2.45, 2.75) is 18.6 Å². The number of amides is 2. The minimum atomic E-state index is -0.855. The minimum absolute atomic E-state index is 0.0797. The zero-order valence-corrected chi connectivity index (χ0v) is 12.7. The predicted molar refractivity (Wildman–Crippen MR) is 77.1 cm³/mol. The fraction of sp³-hybridized carbons (Fsp3) is 0.455. The third-order valence-corrected chi connectivity index (χ3v) is 4.21. The van der Waals surface area contributed by atoms with Gasteiger partial charge in [-0.25, -0.2) is 9.78 Å². The SMILES string of the molecule is C[C@H](CCNC(=O)Nc1ccc(Br)cn1)[S@](C)=O. The van der Waals surface area contributed by atoms with Crippen LogP contribution < -0.4 is 10.6 Å². The van der Waals surface area contributed by atoms with Crippen molar-refractivity contribution >= 4 is 38.6 Å². The third-order valence-electron chi connectivity index (χ3n) is 2.37. The summed E-state index contributed by atoms with van der Waals surface area (Å²) in [7, 11) is -0.855. The van der Waals surface area contributed by atoms with Gasteiger partial charge in [-0.3, -0.25) is 9.53 Å². The molecule has 100 valence electrons. The lowest BCUT2D eigenvalue weighted by atomic mass is 10.3. The molecule has 1 heterocycles. The maximum absolute atomic E-state index is 11.5. The maximum Gasteiger partial charge on any atom is 0.320 e. The Morgan fingerprint density at radius 3 is 2.83 bits per heavy atom. The average molecular weight is 334 g/mol. The van der Waals surface area contributed by atoms with Crippen molar-refractivity contribution in [1.29, 1.82) is 0 Å². The molecule has 0 fully saturated rings. The van der Waals surface area contributed by atoms with Gasteiger partial charge in [0.2, 0.25) is 0 Å². The lowest BCUT2D eigenvalue weighted by Gasteiger charge is -2.10. The second-order valence-electron chi connectivity index (χ2n) is 3.84. The van der Waals surface area contributed by atoms with Gasteiger partial charge < -0.3 is 5.32 Å². The molecule has 0 aliphatic heterocycles. The molecule has 7 heteroatoms. The molecule has 0 bridgehead atoms. The minimum Gasteiger partial charge on any atom is -0.338 e. The van der Waals surface area contributed by atoms with Crippen LogP contribution in [0.1, 0.15) is 13.3 Å². The lowest BCUT2D eigenvalue weighted by Crippen LogP contribution is -2.31. The molecule has 1 aromatic heterocycles. The van der Waals surface area contributed by atoms with Gasteiger partial charge in [-0.15, -0.1) is 0 Å². The van der Waals surface area contributed by atoms with Gasteiger partial charge in [0, 0.05) is 39.5 Å². The number of pyridine rings is 1. The first-order valence-corrected chi connectivity index (χ1v) is 7.89. The van der Waals surface area contributed by atoms with Gasteiger partial charge in [-0.2, -0.15) is 0 Å². The Labute approximate surface area is 117 Å². The zero-order valence-electron chi connectivity index (χ0n) is 10.3. The molecule has 0 saturated heterocycles. The van der Waals surface area contributed by atoms with Gasteiger partial charge in [0.1, 0.15) is 5.82 Å². The molecule has 0 spiro atoms. The molecule has 0 unspecified atom stereocenters. The van der Waals surface area contributed by atoms with E-state index in [1.165, 1.54) is 0 Å². The Bertz CT molecular complexity index is 425. The van der Waals surface area contributed by atoms with Crippen LogP contribution >= 0.6 is 15.9 Å². The number of hydrogen-bond donors (Lipinski definition) is 2. The van der Waals surface area contributed by atoms with Crippen molar-refractivity contribution in [1.82, 2.24) is 10.3 Å². The quantitative estimate of drug-likeness (QED) is 0.866. The number of hydrogen-bond acceptors (Lipinski definition) is 3. The van der Waals surface area contributed by atoms with Crippen molar-refractivity contribution in [3.63, 3.8) is 0 Å². The predicted octanol–water partition coefficient (Wildman–Crippen LogP) is 2.12. The Kier molecular flexibility index (Phi) is 6.28. The average Bonchev–Trinajstić information content (AvgIpc) is 2.32. The summed E-state index contributed by atoms with van der Waals surface area (Å²) in [6, 6.07) is 3.19. The monoisotopic (exact) mass is 333 g/mol. The van der Waals surface area contributed by atoms with Crippen LogP contribution in [-0.2, 0) is 10.8 Å². The van der Waals surface area contributed by atoms with Crippen LogP contribution in [0.15, 0.2) is 22.8 Å². The van der Waals surface area contributed by atoms with Crippen molar-refractivity contribution in [3.8, 4) is 0 Å². The molecule has 0 aliphatic rings. The second-order valence-corrected chi connectivity index (χ2v) is 6.56. The van der Waals surface area contributed by atoms with Gasteiger partial charge >= 0.3 is 6.03 Å². The molecule has 0 aromatic carbocycles. The molecule has 0 radical (unpaired) electrons. The van der Waals surface area contributed by atoms with E-state index < -0.39 is 10.8 Å². The van der Waals surface area contributed by atoms with Crippen molar-refractivity contribution in [2.24, 2.45) is 0 Å². The highest BCUT2D eigenvalue weighted by Crippen LogP contribution is 2.10. The van der Waals surface area contributed by atoms with E-state index in [2.05, 4.69) is 31.5 Å². The molecule has 1 aromatic rings. The van der Waals surface area contributed by atoms with E-state index in [1.807, 2.05) is 6.92 Å². The fourth-order valence-corrected chi connectivity index (χ4v) is 1.85. The number of nitrogens with zero attached hydrogens (tertiary/aromatic N) is 1. The number of anilines is 1. The van der Waals surface area contributed by atoms with Crippen LogP contribution in [-0.4, -0.2) is 33.3 Å². The first kappa shape index (κ1) is 15.1. The topological polar surface area (TPSA) is 71.1 Å². The van der Waals surface area contributed by atoms with Crippen LogP contribution in [0.2, 0.25) is 0 Å². The summed E-state index contributed by atoms with van der Waals surface area (Å²) in [6.07, 6.45) is 3.96. The molecule has 2 amide bonds. The Hall–Kier alpha value is -0.950. The van der Waals surface area contributed by atoms with Gasteiger partial charge in [0.05, 0.1) is 0 Å². The van der Waals surface area contributed by atoms with Crippen LogP contribution in [0.25, 0.3) is 0 Å². The van der Waals surface area contributed by atoms with Gasteiger partial charge in [-0.05, 0) is 34.5 Å². The summed E-state index contributed by atoms with van der Waals surface area (Å²) in [5.41, 5.74) is 0. The van der Waals surface area contributed by atoms with Crippen LogP contribution in [0.5, 0.6) is 0 Å². The molecule has 0 aliphatic carbocycles. The molecular weight excluding hydrogens is 318 g/mol. The highest BCUT2D eigenvalue weighted by molar-refractivity contribution is 9.10. The molecule has 18 heavy (non-hydrogen) atoms. The first-order chi connectivity index (χ1) is 8.49. The van der Waals surface area contributed by atoms with E-state index >= 15 is 0 Å². The largest absolute Gasteiger partial charge is 0.338 e. The summed E-state index contributed by atoms with van der Waals surface area (Å²) >= 11 is 3.26. The first-order valence-electron chi connectivity index (χ1n) is 5.47. The summed E-state index contributed by atoms with van der Waals surface area (Å²) in [5, 5.41) is 5.39. The highest BCUT2D eigenvalue weighted by Gasteiger charge is 2.07. The third kappa shape index (κ3) is 5.59. The molecule has 0 saturated carbocycles. The smallest absolute Gasteiger partial charge is 0.320 e. The van der Waals surface area contributed by atoms with E-state index in [0.29, 0.717) is 18.8 Å². The van der Waals surface area contributed by atoms with Crippen molar-refractivity contribution in [2.75, 3.05) is 18.1 Å². The number of nitrogens with one attached hydrogen (secondary N) is 2. The Balaban J connectivity index is 2.30. The summed E-state index contributed by atoms with van der Waals surface area (Å²) < 4.78 is 12.0. The number of rotatable bonds is 5. The van der Waals surface area contributed by atoms with E-state index in [9.17, 15) is 9.00 Å². The molecule has 2 N–H and O–H groups in total. The van der Waals surface area contributed by atoms with Crippen molar-refractivity contribution < 1.29 is 9.00 Å². The van der Waals surface area contributed by atoms with Gasteiger partial charge in [0.25, 0.3) is 0 Å². The maximum atomic E-state index is 11.5. The summed E-state index contributed by atoms with van der Waals surface area (Å²) in [5.74, 6) is 0.489. The lowest BCUT2D eigenvalue weighted by molar-refractivity contribution is 0.252. The number of carbonyl (C=O) groups excluding carboxylic acids is 1. The standard InChI is InChI=1S/C11H16BrN3O2S/c1-8(18(2)17)5-6-13-11(16)15-10-4-3-9(12)7-14-10/h3-4,7-8H,5-6H2,1-2H3,(H2,13,14,15,16)/t8-,18+/m1/s1. The van der Waals surface area contributed by atoms with Crippen LogP contribution in [0.4, 0.5) is 10.6 Å². The number of carbonyl (C=O) groups is 1. The normalized spacial score (nSPS) is 13.7. The second kappa shape index (κ2) is 7.48.